The van der Waals surface area contributed by atoms with Gasteiger partial charge >= 0.3 is 5.97 Å². The first-order valence-corrected chi connectivity index (χ1v) is 6.36. The van der Waals surface area contributed by atoms with Gasteiger partial charge in [-0.2, -0.15) is 0 Å². The van der Waals surface area contributed by atoms with Crippen LogP contribution in [-0.2, 0) is 20.8 Å². The Morgan fingerprint density at radius 3 is 2.55 bits per heavy atom. The molecule has 0 aliphatic carbocycles. The molecule has 0 fully saturated rings. The average molecular weight is 278 g/mol. The molecule has 0 unspecified atom stereocenters. The average Bonchev–Trinajstić information content (AvgIpc) is 2.44. The van der Waals surface area contributed by atoms with E-state index in [1.54, 1.807) is 0 Å². The summed E-state index contributed by atoms with van der Waals surface area (Å²) in [5.74, 6) is -1.21. The second kappa shape index (κ2) is 8.68. The Morgan fingerprint density at radius 1 is 1.25 bits per heavy atom. The summed E-state index contributed by atoms with van der Waals surface area (Å²) in [7, 11) is 0. The van der Waals surface area contributed by atoms with Crippen molar-refractivity contribution in [3.63, 3.8) is 0 Å². The van der Waals surface area contributed by atoms with Gasteiger partial charge < -0.3 is 15.7 Å². The molecule has 1 aromatic rings. The highest BCUT2D eigenvalue weighted by Crippen LogP contribution is 2.03. The van der Waals surface area contributed by atoms with Crippen molar-refractivity contribution in [1.82, 2.24) is 10.6 Å². The molecule has 0 aromatic heterocycles. The normalized spacial score (nSPS) is 11.4. The number of carbonyl (C=O) groups is 3. The smallest absolute Gasteiger partial charge is 0.303 e. The highest BCUT2D eigenvalue weighted by atomic mass is 16.4. The first-order valence-electron chi connectivity index (χ1n) is 6.36. The molecule has 0 heterocycles. The van der Waals surface area contributed by atoms with E-state index in [4.69, 9.17) is 5.11 Å². The Hall–Kier alpha value is -2.37. The summed E-state index contributed by atoms with van der Waals surface area (Å²) in [6.45, 7) is 0.275. The molecule has 2 amide bonds. The van der Waals surface area contributed by atoms with E-state index in [9.17, 15) is 14.4 Å². The molecule has 0 bridgehead atoms. The predicted molar refractivity (Wildman–Crippen MR) is 73.0 cm³/mol. The molecule has 0 saturated carbocycles. The first-order chi connectivity index (χ1) is 9.63. The first kappa shape index (κ1) is 15.7. The largest absolute Gasteiger partial charge is 0.481 e. The van der Waals surface area contributed by atoms with Crippen LogP contribution in [0.1, 0.15) is 18.4 Å². The maximum atomic E-state index is 11.9. The highest BCUT2D eigenvalue weighted by molar-refractivity contribution is 5.83. The zero-order valence-electron chi connectivity index (χ0n) is 11.0. The van der Waals surface area contributed by atoms with Crippen molar-refractivity contribution in [2.24, 2.45) is 0 Å². The summed E-state index contributed by atoms with van der Waals surface area (Å²) in [5.41, 5.74) is 0.938. The Balaban J connectivity index is 2.46. The van der Waals surface area contributed by atoms with Gasteiger partial charge in [-0.3, -0.25) is 14.4 Å². The van der Waals surface area contributed by atoms with Crippen molar-refractivity contribution in [2.75, 3.05) is 6.54 Å². The molecule has 0 spiro atoms. The maximum Gasteiger partial charge on any atom is 0.303 e. The summed E-state index contributed by atoms with van der Waals surface area (Å²) in [4.78, 5) is 32.8. The molecule has 6 heteroatoms. The van der Waals surface area contributed by atoms with Crippen LogP contribution in [0.3, 0.4) is 0 Å². The molecule has 0 aliphatic rings. The molecular formula is C14H18N2O4. The second-order valence-corrected chi connectivity index (χ2v) is 4.32. The standard InChI is InChI=1S/C14H18N2O4/c17-10-16-12(9-11-5-2-1-3-6-11)14(20)15-8-4-7-13(18)19/h1-3,5-6,10,12H,4,7-9H2,(H,15,20)(H,16,17)(H,18,19)/t12-/m0/s1. The van der Waals surface area contributed by atoms with E-state index in [2.05, 4.69) is 10.6 Å². The highest BCUT2D eigenvalue weighted by Gasteiger charge is 2.17. The van der Waals surface area contributed by atoms with Crippen LogP contribution in [0.15, 0.2) is 30.3 Å². The Morgan fingerprint density at radius 2 is 1.95 bits per heavy atom. The van der Waals surface area contributed by atoms with Gasteiger partial charge in [-0.05, 0) is 12.0 Å². The van der Waals surface area contributed by atoms with Crippen LogP contribution in [0.25, 0.3) is 0 Å². The monoisotopic (exact) mass is 278 g/mol. The van der Waals surface area contributed by atoms with Crippen molar-refractivity contribution in [2.45, 2.75) is 25.3 Å². The van der Waals surface area contributed by atoms with Crippen LogP contribution in [0.4, 0.5) is 0 Å². The van der Waals surface area contributed by atoms with Crippen molar-refractivity contribution in [3.05, 3.63) is 35.9 Å². The van der Waals surface area contributed by atoms with Gasteiger partial charge in [0.15, 0.2) is 0 Å². The van der Waals surface area contributed by atoms with E-state index >= 15 is 0 Å². The van der Waals surface area contributed by atoms with Crippen LogP contribution < -0.4 is 10.6 Å². The van der Waals surface area contributed by atoms with Crippen molar-refractivity contribution < 1.29 is 19.5 Å². The Labute approximate surface area is 117 Å². The number of rotatable bonds is 9. The predicted octanol–water partition coefficient (Wildman–Crippen LogP) is 0.325. The summed E-state index contributed by atoms with van der Waals surface area (Å²) in [6.07, 6.45) is 1.25. The number of benzene rings is 1. The third-order valence-electron chi connectivity index (χ3n) is 2.74. The third kappa shape index (κ3) is 5.99. The third-order valence-corrected chi connectivity index (χ3v) is 2.74. The number of carboxylic acids is 1. The van der Waals surface area contributed by atoms with Crippen LogP contribution >= 0.6 is 0 Å². The molecule has 0 saturated heterocycles. The fourth-order valence-corrected chi connectivity index (χ4v) is 1.73. The number of hydrogen-bond acceptors (Lipinski definition) is 3. The lowest BCUT2D eigenvalue weighted by molar-refractivity contribution is -0.137. The van der Waals surface area contributed by atoms with Crippen molar-refractivity contribution >= 4 is 18.3 Å². The van der Waals surface area contributed by atoms with Gasteiger partial charge in [0.25, 0.3) is 0 Å². The number of amides is 2. The molecule has 1 aromatic carbocycles. The van der Waals surface area contributed by atoms with E-state index in [1.165, 1.54) is 0 Å². The van der Waals surface area contributed by atoms with E-state index in [1.807, 2.05) is 30.3 Å². The van der Waals surface area contributed by atoms with Crippen molar-refractivity contribution in [3.8, 4) is 0 Å². The molecule has 0 radical (unpaired) electrons. The molecule has 6 nitrogen and oxygen atoms in total. The molecule has 108 valence electrons. The zero-order chi connectivity index (χ0) is 14.8. The summed E-state index contributed by atoms with van der Waals surface area (Å²) in [6, 6.07) is 8.68. The fraction of sp³-hybridized carbons (Fsp3) is 0.357. The lowest BCUT2D eigenvalue weighted by Gasteiger charge is -2.16. The van der Waals surface area contributed by atoms with E-state index in [0.29, 0.717) is 19.3 Å². The van der Waals surface area contributed by atoms with Crippen LogP contribution in [0.5, 0.6) is 0 Å². The second-order valence-electron chi connectivity index (χ2n) is 4.32. The van der Waals surface area contributed by atoms with Gasteiger partial charge in [-0.25, -0.2) is 0 Å². The van der Waals surface area contributed by atoms with Crippen molar-refractivity contribution in [1.29, 1.82) is 0 Å². The lowest BCUT2D eigenvalue weighted by Crippen LogP contribution is -2.45. The maximum absolute atomic E-state index is 11.9. The molecule has 3 N–H and O–H groups in total. The van der Waals surface area contributed by atoms with Gasteiger partial charge in [-0.1, -0.05) is 30.3 Å². The number of hydrogen-bond donors (Lipinski definition) is 3. The molecule has 0 aliphatic heterocycles. The zero-order valence-corrected chi connectivity index (χ0v) is 11.0. The van der Waals surface area contributed by atoms with E-state index < -0.39 is 12.0 Å². The molecule has 1 rings (SSSR count). The minimum absolute atomic E-state index is 0.00470. The fourth-order valence-electron chi connectivity index (χ4n) is 1.73. The summed E-state index contributed by atoms with van der Waals surface area (Å²) < 4.78 is 0. The van der Waals surface area contributed by atoms with Gasteiger partial charge in [-0.15, -0.1) is 0 Å². The van der Waals surface area contributed by atoms with Crippen LogP contribution in [0.2, 0.25) is 0 Å². The Bertz CT molecular complexity index is 448. The number of nitrogens with one attached hydrogen (secondary N) is 2. The van der Waals surface area contributed by atoms with Gasteiger partial charge in [0.2, 0.25) is 12.3 Å². The lowest BCUT2D eigenvalue weighted by atomic mass is 10.1. The molecular weight excluding hydrogens is 260 g/mol. The SMILES string of the molecule is O=CN[C@@H](Cc1ccccc1)C(=O)NCCCC(=O)O. The topological polar surface area (TPSA) is 95.5 Å². The summed E-state index contributed by atoms with van der Waals surface area (Å²) in [5, 5.41) is 13.6. The molecule has 20 heavy (non-hydrogen) atoms. The van der Waals surface area contributed by atoms with E-state index in [0.717, 1.165) is 5.56 Å². The van der Waals surface area contributed by atoms with Gasteiger partial charge in [0.05, 0.1) is 0 Å². The quantitative estimate of drug-likeness (QED) is 0.448. The number of aliphatic carboxylic acids is 1. The Kier molecular flexibility index (Phi) is 6.81. The number of carboxylic acid groups (broad SMARTS) is 1. The van der Waals surface area contributed by atoms with Gasteiger partial charge in [0.1, 0.15) is 6.04 Å². The number of carbonyl (C=O) groups excluding carboxylic acids is 2. The van der Waals surface area contributed by atoms with Gasteiger partial charge in [0, 0.05) is 19.4 Å². The van der Waals surface area contributed by atoms with E-state index in [-0.39, 0.29) is 18.9 Å². The minimum atomic E-state index is -0.897. The summed E-state index contributed by atoms with van der Waals surface area (Å²) >= 11 is 0. The van der Waals surface area contributed by atoms with Crippen LogP contribution in [0, 0.1) is 0 Å². The molecule has 1 atom stereocenters. The minimum Gasteiger partial charge on any atom is -0.481 e. The van der Waals surface area contributed by atoms with Crippen LogP contribution in [-0.4, -0.2) is 36.0 Å².